The predicted molar refractivity (Wildman–Crippen MR) is 134 cm³/mol. The smallest absolute Gasteiger partial charge is 0.407 e. The molecule has 1 aromatic heterocycles. The number of nitrogens with zero attached hydrogens (tertiary/aromatic N) is 1. The highest BCUT2D eigenvalue weighted by molar-refractivity contribution is 5.75. The number of carbonyl (C=O) groups excluding carboxylic acids is 2. The average molecular weight is 493 g/mol. The van der Waals surface area contributed by atoms with E-state index in [4.69, 9.17) is 9.47 Å². The number of carbonyl (C=O) groups is 2. The van der Waals surface area contributed by atoms with Gasteiger partial charge in [-0.25, -0.2) is 9.18 Å². The van der Waals surface area contributed by atoms with Gasteiger partial charge in [-0.05, 0) is 87.1 Å². The first-order valence-electron chi connectivity index (χ1n) is 13.0. The number of halogens is 1. The minimum atomic E-state index is -0.368. The number of fused-ring (bicyclic) bond motifs is 2. The molecule has 0 radical (unpaired) electrons. The molecule has 7 atom stereocenters. The highest BCUT2D eigenvalue weighted by atomic mass is 19.1. The molecule has 2 aromatic rings. The Bertz CT molecular complexity index is 1130. The van der Waals surface area contributed by atoms with Crippen LogP contribution in [0, 0.1) is 35.4 Å². The molecule has 1 N–H and O–H groups in total. The molecule has 3 fully saturated rings. The molecule has 0 bridgehead atoms. The number of allylic oxidation sites excluding steroid dienone is 1. The molecule has 36 heavy (non-hydrogen) atoms. The van der Waals surface area contributed by atoms with E-state index in [1.807, 2.05) is 31.2 Å². The van der Waals surface area contributed by atoms with Gasteiger partial charge >= 0.3 is 12.1 Å². The molecule has 3 aliphatic rings. The zero-order valence-electron chi connectivity index (χ0n) is 20.7. The van der Waals surface area contributed by atoms with Crippen LogP contribution >= 0.6 is 0 Å². The van der Waals surface area contributed by atoms with Gasteiger partial charge in [0.2, 0.25) is 0 Å². The van der Waals surface area contributed by atoms with Gasteiger partial charge in [-0.2, -0.15) is 0 Å². The minimum absolute atomic E-state index is 0.0679. The number of cyclic esters (lactones) is 1. The second kappa shape index (κ2) is 10.4. The van der Waals surface area contributed by atoms with Crippen LogP contribution in [0.2, 0.25) is 0 Å². The van der Waals surface area contributed by atoms with Crippen LogP contribution in [-0.4, -0.2) is 35.8 Å². The largest absolute Gasteiger partial charge is 0.462 e. The number of hydrogen-bond donors (Lipinski definition) is 1. The Morgan fingerprint density at radius 2 is 2.08 bits per heavy atom. The predicted octanol–water partition coefficient (Wildman–Crippen LogP) is 5.63. The number of esters is 1. The van der Waals surface area contributed by atoms with Crippen molar-refractivity contribution in [3.8, 4) is 11.1 Å². The van der Waals surface area contributed by atoms with E-state index >= 15 is 0 Å². The molecule has 0 unspecified atom stereocenters. The summed E-state index contributed by atoms with van der Waals surface area (Å²) in [4.78, 5) is 29.2. The Hall–Kier alpha value is -3.22. The van der Waals surface area contributed by atoms with Gasteiger partial charge < -0.3 is 14.8 Å². The number of nitrogens with one attached hydrogen (secondary N) is 1. The standard InChI is InChI=1S/C29H33FN2O4/c1-3-35-29(34)32-23-10-11-24-20(14-23)15-26-27(17(2)36-28(26)33)25(24)12-9-22-8-7-19(16-31-22)18-5-4-6-21(30)13-18/h4-9,12-13,16-17,20,23-27H,3,10-11,14-15H2,1-2H3,(H,32,34)/b12-9+/t17-,20-,23-,24+,25+,26-,27-/m1/s1. The third kappa shape index (κ3) is 5.01. The van der Waals surface area contributed by atoms with Crippen LogP contribution in [0.15, 0.2) is 48.7 Å². The van der Waals surface area contributed by atoms with Crippen LogP contribution in [0.4, 0.5) is 9.18 Å². The Morgan fingerprint density at radius 3 is 2.83 bits per heavy atom. The zero-order chi connectivity index (χ0) is 25.2. The SMILES string of the molecule is CCOC(=O)N[C@@H]1CC[C@H]2[C@H](C1)C[C@H]1C(=O)O[C@H](C)[C@@H]1[C@H]2/C=C/c1ccc(-c2cccc(F)c2)cn1. The summed E-state index contributed by atoms with van der Waals surface area (Å²) in [6.07, 6.45) is 9.07. The number of rotatable bonds is 5. The lowest BCUT2D eigenvalue weighted by molar-refractivity contribution is -0.144. The van der Waals surface area contributed by atoms with Gasteiger partial charge in [-0.1, -0.05) is 24.3 Å². The molecule has 1 aromatic carbocycles. The van der Waals surface area contributed by atoms with E-state index in [9.17, 15) is 14.0 Å². The molecule has 190 valence electrons. The number of amides is 1. The number of ether oxygens (including phenoxy) is 2. The quantitative estimate of drug-likeness (QED) is 0.548. The van der Waals surface area contributed by atoms with Crippen molar-refractivity contribution >= 4 is 18.1 Å². The van der Waals surface area contributed by atoms with Crippen molar-refractivity contribution in [2.24, 2.45) is 29.6 Å². The van der Waals surface area contributed by atoms with Crippen LogP contribution in [0.1, 0.15) is 45.2 Å². The van der Waals surface area contributed by atoms with Gasteiger partial charge in [-0.3, -0.25) is 9.78 Å². The summed E-state index contributed by atoms with van der Waals surface area (Å²) >= 11 is 0. The van der Waals surface area contributed by atoms with E-state index in [1.165, 1.54) is 12.1 Å². The molecule has 7 heteroatoms. The van der Waals surface area contributed by atoms with Gasteiger partial charge in [0, 0.05) is 23.7 Å². The van der Waals surface area contributed by atoms with Crippen molar-refractivity contribution < 1.29 is 23.5 Å². The summed E-state index contributed by atoms with van der Waals surface area (Å²) in [5.74, 6) is 0.629. The maximum atomic E-state index is 13.6. The summed E-state index contributed by atoms with van der Waals surface area (Å²) in [5, 5.41) is 3.00. The van der Waals surface area contributed by atoms with Crippen molar-refractivity contribution in [3.05, 3.63) is 60.2 Å². The molecule has 1 saturated heterocycles. The maximum Gasteiger partial charge on any atom is 0.407 e. The van der Waals surface area contributed by atoms with Crippen molar-refractivity contribution in [2.45, 2.75) is 51.7 Å². The Morgan fingerprint density at radius 1 is 1.22 bits per heavy atom. The van der Waals surface area contributed by atoms with E-state index in [2.05, 4.69) is 16.4 Å². The normalized spacial score (nSPS) is 31.4. The number of hydrogen-bond acceptors (Lipinski definition) is 5. The van der Waals surface area contributed by atoms with Crippen molar-refractivity contribution in [1.82, 2.24) is 10.3 Å². The Balaban J connectivity index is 1.34. The lowest BCUT2D eigenvalue weighted by Gasteiger charge is -2.47. The first kappa shape index (κ1) is 24.5. The molecule has 1 amide bonds. The monoisotopic (exact) mass is 492 g/mol. The maximum absolute atomic E-state index is 13.6. The summed E-state index contributed by atoms with van der Waals surface area (Å²) in [6, 6.07) is 10.4. The molecule has 2 heterocycles. The van der Waals surface area contributed by atoms with E-state index in [1.54, 1.807) is 19.2 Å². The van der Waals surface area contributed by atoms with Crippen LogP contribution in [0.3, 0.4) is 0 Å². The molecule has 2 aliphatic carbocycles. The third-order valence-corrected chi connectivity index (χ3v) is 8.18. The van der Waals surface area contributed by atoms with Gasteiger partial charge in [0.1, 0.15) is 11.9 Å². The second-order valence-electron chi connectivity index (χ2n) is 10.3. The van der Waals surface area contributed by atoms with E-state index in [0.29, 0.717) is 18.4 Å². The molecule has 1 aliphatic heterocycles. The molecule has 5 rings (SSSR count). The van der Waals surface area contributed by atoms with Gasteiger partial charge in [0.05, 0.1) is 18.2 Å². The zero-order valence-corrected chi connectivity index (χ0v) is 20.7. The minimum Gasteiger partial charge on any atom is -0.462 e. The number of alkyl carbamates (subject to hydrolysis) is 1. The summed E-state index contributed by atoms with van der Waals surface area (Å²) in [7, 11) is 0. The molecule has 6 nitrogen and oxygen atoms in total. The van der Waals surface area contributed by atoms with Gasteiger partial charge in [-0.15, -0.1) is 0 Å². The highest BCUT2D eigenvalue weighted by Crippen LogP contribution is 2.53. The average Bonchev–Trinajstić information content (AvgIpc) is 3.15. The fraction of sp³-hybridized carbons (Fsp3) is 0.483. The molecule has 2 saturated carbocycles. The van der Waals surface area contributed by atoms with E-state index < -0.39 is 0 Å². The van der Waals surface area contributed by atoms with Crippen molar-refractivity contribution in [2.75, 3.05) is 6.61 Å². The first-order valence-corrected chi connectivity index (χ1v) is 13.0. The first-order chi connectivity index (χ1) is 17.4. The van der Waals surface area contributed by atoms with Gasteiger partial charge in [0.15, 0.2) is 0 Å². The highest BCUT2D eigenvalue weighted by Gasteiger charge is 2.54. The topological polar surface area (TPSA) is 77.5 Å². The summed E-state index contributed by atoms with van der Waals surface area (Å²) in [6.45, 7) is 4.15. The lowest BCUT2D eigenvalue weighted by atomic mass is 9.57. The second-order valence-corrected chi connectivity index (χ2v) is 10.3. The Labute approximate surface area is 211 Å². The van der Waals surface area contributed by atoms with Crippen LogP contribution < -0.4 is 5.32 Å². The van der Waals surface area contributed by atoms with Crippen LogP contribution in [0.5, 0.6) is 0 Å². The number of pyridine rings is 1. The third-order valence-electron chi connectivity index (χ3n) is 8.18. The van der Waals surface area contributed by atoms with Crippen molar-refractivity contribution in [3.63, 3.8) is 0 Å². The molecular formula is C29H33FN2O4. The Kier molecular flexibility index (Phi) is 7.08. The number of benzene rings is 1. The van der Waals surface area contributed by atoms with E-state index in [-0.39, 0.29) is 47.8 Å². The fourth-order valence-corrected chi connectivity index (χ4v) is 6.64. The number of aromatic nitrogens is 1. The summed E-state index contributed by atoms with van der Waals surface area (Å²) < 4.78 is 24.3. The van der Waals surface area contributed by atoms with Crippen LogP contribution in [0.25, 0.3) is 17.2 Å². The summed E-state index contributed by atoms with van der Waals surface area (Å²) in [5.41, 5.74) is 2.48. The fourth-order valence-electron chi connectivity index (χ4n) is 6.64. The van der Waals surface area contributed by atoms with Gasteiger partial charge in [0.25, 0.3) is 0 Å². The molecular weight excluding hydrogens is 459 g/mol. The van der Waals surface area contributed by atoms with E-state index in [0.717, 1.165) is 42.5 Å². The molecule has 0 spiro atoms. The van der Waals surface area contributed by atoms with Crippen LogP contribution in [-0.2, 0) is 14.3 Å². The lowest BCUT2D eigenvalue weighted by Crippen LogP contribution is -2.48. The van der Waals surface area contributed by atoms with Crippen molar-refractivity contribution in [1.29, 1.82) is 0 Å².